The molecule has 2 aromatic rings. The van der Waals surface area contributed by atoms with Gasteiger partial charge in [0.25, 0.3) is 0 Å². The fraction of sp³-hybridized carbons (Fsp3) is 0.529. The SMILES string of the molecule is CN(C(=O)OC(C)(C)C)[C@H]1C[C@H](n2ccc3ccc(Cl)nc32)C1. The maximum atomic E-state index is 12.1. The predicted molar refractivity (Wildman–Crippen MR) is 90.8 cm³/mol. The summed E-state index contributed by atoms with van der Waals surface area (Å²) in [6.07, 6.45) is 3.57. The quantitative estimate of drug-likeness (QED) is 0.770. The van der Waals surface area contributed by atoms with Crippen LogP contribution in [-0.4, -0.2) is 39.2 Å². The largest absolute Gasteiger partial charge is 0.444 e. The second-order valence-corrected chi connectivity index (χ2v) is 7.53. The van der Waals surface area contributed by atoms with Gasteiger partial charge in [-0.2, -0.15) is 0 Å². The molecule has 0 aliphatic heterocycles. The predicted octanol–water partition coefficient (Wildman–Crippen LogP) is 4.26. The molecule has 1 aliphatic rings. The van der Waals surface area contributed by atoms with Crippen molar-refractivity contribution in [1.29, 1.82) is 0 Å². The van der Waals surface area contributed by atoms with Crippen LogP contribution in [0.4, 0.5) is 4.79 Å². The van der Waals surface area contributed by atoms with Crippen molar-refractivity contribution in [2.45, 2.75) is 51.3 Å². The first kappa shape index (κ1) is 16.1. The van der Waals surface area contributed by atoms with Crippen molar-refractivity contribution in [1.82, 2.24) is 14.5 Å². The Morgan fingerprint density at radius 2 is 2.04 bits per heavy atom. The standard InChI is InChI=1S/C17H22ClN3O2/c1-17(2,3)23-16(22)20(4)12-9-13(10-12)21-8-7-11-5-6-14(18)19-15(11)21/h5-8,12-13H,9-10H2,1-4H3/t12-,13-. The third-order valence-electron chi connectivity index (χ3n) is 4.24. The molecule has 1 fully saturated rings. The highest BCUT2D eigenvalue weighted by atomic mass is 35.5. The summed E-state index contributed by atoms with van der Waals surface area (Å²) in [5.41, 5.74) is 0.437. The topological polar surface area (TPSA) is 47.4 Å². The number of amides is 1. The first-order chi connectivity index (χ1) is 10.7. The zero-order valence-electron chi connectivity index (χ0n) is 13.9. The maximum Gasteiger partial charge on any atom is 0.410 e. The van der Waals surface area contributed by atoms with Gasteiger partial charge in [0.2, 0.25) is 0 Å². The summed E-state index contributed by atoms with van der Waals surface area (Å²) < 4.78 is 7.57. The molecule has 2 aromatic heterocycles. The number of hydrogen-bond donors (Lipinski definition) is 0. The van der Waals surface area contributed by atoms with E-state index in [0.29, 0.717) is 11.2 Å². The Bertz CT molecular complexity index is 729. The molecule has 1 amide bonds. The van der Waals surface area contributed by atoms with E-state index in [1.54, 1.807) is 18.0 Å². The zero-order chi connectivity index (χ0) is 16.8. The lowest BCUT2D eigenvalue weighted by molar-refractivity contribution is 0.00810. The number of rotatable bonds is 2. The lowest BCUT2D eigenvalue weighted by Gasteiger charge is -2.42. The zero-order valence-corrected chi connectivity index (χ0v) is 14.7. The van der Waals surface area contributed by atoms with Crippen LogP contribution >= 0.6 is 11.6 Å². The number of pyridine rings is 1. The number of fused-ring (bicyclic) bond motifs is 1. The molecule has 0 aromatic carbocycles. The minimum absolute atomic E-state index is 0.200. The summed E-state index contributed by atoms with van der Waals surface area (Å²) in [5, 5.41) is 1.58. The molecule has 0 bridgehead atoms. The lowest BCUT2D eigenvalue weighted by atomic mass is 9.85. The Balaban J connectivity index is 1.66. The van der Waals surface area contributed by atoms with Crippen LogP contribution in [-0.2, 0) is 4.74 Å². The lowest BCUT2D eigenvalue weighted by Crippen LogP contribution is -2.47. The molecule has 0 unspecified atom stereocenters. The molecule has 124 valence electrons. The van der Waals surface area contributed by atoms with Crippen LogP contribution in [0.3, 0.4) is 0 Å². The molecule has 5 nitrogen and oxygen atoms in total. The van der Waals surface area contributed by atoms with E-state index in [4.69, 9.17) is 16.3 Å². The Labute approximate surface area is 141 Å². The number of carbonyl (C=O) groups excluding carboxylic acids is 1. The van der Waals surface area contributed by atoms with Gasteiger partial charge in [0.15, 0.2) is 0 Å². The number of halogens is 1. The monoisotopic (exact) mass is 335 g/mol. The van der Waals surface area contributed by atoms with Crippen molar-refractivity contribution in [3.05, 3.63) is 29.5 Å². The summed E-state index contributed by atoms with van der Waals surface area (Å²) >= 11 is 6.00. The van der Waals surface area contributed by atoms with Crippen LogP contribution < -0.4 is 0 Å². The number of carbonyl (C=O) groups is 1. The Morgan fingerprint density at radius 3 is 2.70 bits per heavy atom. The highest BCUT2D eigenvalue weighted by molar-refractivity contribution is 6.29. The molecule has 1 aliphatic carbocycles. The van der Waals surface area contributed by atoms with Gasteiger partial charge in [-0.15, -0.1) is 0 Å². The molecular weight excluding hydrogens is 314 g/mol. The van der Waals surface area contributed by atoms with Crippen molar-refractivity contribution in [2.24, 2.45) is 0 Å². The number of nitrogens with zero attached hydrogens (tertiary/aromatic N) is 3. The smallest absolute Gasteiger partial charge is 0.410 e. The number of aromatic nitrogens is 2. The van der Waals surface area contributed by atoms with Gasteiger partial charge in [0.1, 0.15) is 16.4 Å². The second kappa shape index (κ2) is 5.71. The van der Waals surface area contributed by atoms with E-state index in [-0.39, 0.29) is 12.1 Å². The minimum Gasteiger partial charge on any atom is -0.444 e. The van der Waals surface area contributed by atoms with Gasteiger partial charge >= 0.3 is 6.09 Å². The molecular formula is C17H22ClN3O2. The van der Waals surface area contributed by atoms with Gasteiger partial charge in [-0.25, -0.2) is 9.78 Å². The summed E-state index contributed by atoms with van der Waals surface area (Å²) in [6, 6.07) is 6.36. The van der Waals surface area contributed by atoms with E-state index >= 15 is 0 Å². The average Bonchev–Trinajstić information content (AvgIpc) is 2.78. The fourth-order valence-electron chi connectivity index (χ4n) is 2.88. The Hall–Kier alpha value is -1.75. The van der Waals surface area contributed by atoms with E-state index < -0.39 is 5.60 Å². The minimum atomic E-state index is -0.466. The van der Waals surface area contributed by atoms with Gasteiger partial charge in [0.05, 0.1) is 0 Å². The van der Waals surface area contributed by atoms with Crippen molar-refractivity contribution in [2.75, 3.05) is 7.05 Å². The summed E-state index contributed by atoms with van der Waals surface area (Å²) in [6.45, 7) is 5.64. The van der Waals surface area contributed by atoms with Gasteiger partial charge in [-0.3, -0.25) is 0 Å². The van der Waals surface area contributed by atoms with Crippen molar-refractivity contribution >= 4 is 28.7 Å². The third-order valence-corrected chi connectivity index (χ3v) is 4.45. The highest BCUT2D eigenvalue weighted by Crippen LogP contribution is 2.38. The first-order valence-corrected chi connectivity index (χ1v) is 8.21. The van der Waals surface area contributed by atoms with E-state index in [2.05, 4.69) is 9.55 Å². The number of hydrogen-bond acceptors (Lipinski definition) is 3. The summed E-state index contributed by atoms with van der Waals surface area (Å²) in [7, 11) is 1.80. The molecule has 0 spiro atoms. The van der Waals surface area contributed by atoms with Crippen LogP contribution in [0.5, 0.6) is 0 Å². The fourth-order valence-corrected chi connectivity index (χ4v) is 3.03. The van der Waals surface area contributed by atoms with Gasteiger partial charge in [-0.05, 0) is 51.8 Å². The van der Waals surface area contributed by atoms with Crippen LogP contribution in [0.25, 0.3) is 11.0 Å². The molecule has 0 radical (unpaired) electrons. The van der Waals surface area contributed by atoms with Crippen LogP contribution in [0, 0.1) is 0 Å². The van der Waals surface area contributed by atoms with Crippen LogP contribution in [0.2, 0.25) is 5.15 Å². The Morgan fingerprint density at radius 1 is 1.35 bits per heavy atom. The first-order valence-electron chi connectivity index (χ1n) is 7.83. The third kappa shape index (κ3) is 3.29. The number of ether oxygens (including phenoxy) is 1. The molecule has 23 heavy (non-hydrogen) atoms. The summed E-state index contributed by atoms with van der Waals surface area (Å²) in [4.78, 5) is 18.2. The van der Waals surface area contributed by atoms with Gasteiger partial charge in [0, 0.05) is 30.7 Å². The average molecular weight is 336 g/mol. The second-order valence-electron chi connectivity index (χ2n) is 7.14. The highest BCUT2D eigenvalue weighted by Gasteiger charge is 2.37. The molecule has 2 heterocycles. The molecule has 0 saturated heterocycles. The molecule has 6 heteroatoms. The van der Waals surface area contributed by atoms with Crippen molar-refractivity contribution in [3.63, 3.8) is 0 Å². The van der Waals surface area contributed by atoms with Crippen LogP contribution in [0.15, 0.2) is 24.4 Å². The van der Waals surface area contributed by atoms with E-state index in [9.17, 15) is 4.79 Å². The van der Waals surface area contributed by atoms with Crippen molar-refractivity contribution in [3.8, 4) is 0 Å². The molecule has 3 rings (SSSR count). The Kier molecular flexibility index (Phi) is 4.00. The van der Waals surface area contributed by atoms with Crippen LogP contribution in [0.1, 0.15) is 39.7 Å². The maximum absolute atomic E-state index is 12.1. The molecule has 0 atom stereocenters. The van der Waals surface area contributed by atoms with Crippen molar-refractivity contribution < 1.29 is 9.53 Å². The molecule has 0 N–H and O–H groups in total. The van der Waals surface area contributed by atoms with E-state index in [1.165, 1.54) is 0 Å². The normalized spacial score (nSPS) is 21.1. The van der Waals surface area contributed by atoms with E-state index in [0.717, 1.165) is 23.9 Å². The van der Waals surface area contributed by atoms with Gasteiger partial charge < -0.3 is 14.2 Å². The van der Waals surface area contributed by atoms with Gasteiger partial charge in [-0.1, -0.05) is 11.6 Å². The van der Waals surface area contributed by atoms with E-state index in [1.807, 2.05) is 39.1 Å². The molecule has 1 saturated carbocycles. The summed E-state index contributed by atoms with van der Waals surface area (Å²) in [5.74, 6) is 0.